The lowest BCUT2D eigenvalue weighted by Crippen LogP contribution is -2.02. The Hall–Kier alpha value is -2.23. The van der Waals surface area contributed by atoms with Crippen molar-refractivity contribution in [3.8, 4) is 5.75 Å². The molecule has 0 aliphatic heterocycles. The number of ether oxygens (including phenoxy) is 1. The van der Waals surface area contributed by atoms with Gasteiger partial charge < -0.3 is 15.8 Å². The van der Waals surface area contributed by atoms with E-state index in [2.05, 4.69) is 17.2 Å². The highest BCUT2D eigenvalue weighted by Gasteiger charge is 2.02. The van der Waals surface area contributed by atoms with Crippen LogP contribution in [0.5, 0.6) is 5.75 Å². The number of nitrogens with zero attached hydrogens (tertiary/aromatic N) is 1. The molecule has 0 saturated carbocycles. The van der Waals surface area contributed by atoms with E-state index in [4.69, 9.17) is 10.5 Å². The van der Waals surface area contributed by atoms with E-state index < -0.39 is 0 Å². The smallest absolute Gasteiger partial charge is 0.144 e. The van der Waals surface area contributed by atoms with Gasteiger partial charge in [-0.1, -0.05) is 13.0 Å². The summed E-state index contributed by atoms with van der Waals surface area (Å²) in [4.78, 5) is 4.08. The van der Waals surface area contributed by atoms with E-state index in [1.807, 2.05) is 36.5 Å². The molecule has 2 aromatic rings. The molecular weight excluding hydrogens is 238 g/mol. The van der Waals surface area contributed by atoms with Crippen LogP contribution in [0, 0.1) is 0 Å². The molecule has 0 aliphatic carbocycles. The summed E-state index contributed by atoms with van der Waals surface area (Å²) >= 11 is 0. The van der Waals surface area contributed by atoms with Gasteiger partial charge in [-0.25, -0.2) is 0 Å². The van der Waals surface area contributed by atoms with Crippen molar-refractivity contribution in [1.82, 2.24) is 4.98 Å². The quantitative estimate of drug-likeness (QED) is 0.781. The van der Waals surface area contributed by atoms with Gasteiger partial charge in [0.05, 0.1) is 12.3 Å². The van der Waals surface area contributed by atoms with Crippen LogP contribution in [0.2, 0.25) is 0 Å². The highest BCUT2D eigenvalue weighted by molar-refractivity contribution is 5.61. The van der Waals surface area contributed by atoms with E-state index in [1.54, 1.807) is 6.20 Å². The van der Waals surface area contributed by atoms with Gasteiger partial charge in [-0.15, -0.1) is 0 Å². The van der Waals surface area contributed by atoms with Crippen molar-refractivity contribution in [3.63, 3.8) is 0 Å². The first-order valence-corrected chi connectivity index (χ1v) is 6.44. The second kappa shape index (κ2) is 6.64. The average Bonchev–Trinajstić information content (AvgIpc) is 2.46. The normalized spacial score (nSPS) is 10.2. The molecule has 19 heavy (non-hydrogen) atoms. The van der Waals surface area contributed by atoms with Crippen LogP contribution in [0.25, 0.3) is 0 Å². The molecule has 0 amide bonds. The largest absolute Gasteiger partial charge is 0.491 e. The maximum absolute atomic E-state index is 5.87. The Labute approximate surface area is 113 Å². The fourth-order valence-electron chi connectivity index (χ4n) is 1.69. The lowest BCUT2D eigenvalue weighted by molar-refractivity contribution is 0.319. The predicted octanol–water partition coefficient (Wildman–Crippen LogP) is 3.06. The summed E-state index contributed by atoms with van der Waals surface area (Å²) in [5, 5.41) is 3.33. The van der Waals surface area contributed by atoms with Crippen molar-refractivity contribution >= 4 is 11.4 Å². The van der Waals surface area contributed by atoms with Crippen LogP contribution in [0.3, 0.4) is 0 Å². The third kappa shape index (κ3) is 3.88. The van der Waals surface area contributed by atoms with Gasteiger partial charge in [-0.05, 0) is 30.2 Å². The zero-order chi connectivity index (χ0) is 13.5. The molecule has 100 valence electrons. The number of nitrogens with two attached hydrogens (primary N) is 1. The molecule has 1 heterocycles. The maximum Gasteiger partial charge on any atom is 0.144 e. The Bertz CT molecular complexity index is 514. The number of pyridine rings is 1. The molecule has 3 N–H and O–H groups in total. The summed E-state index contributed by atoms with van der Waals surface area (Å²) in [6.45, 7) is 3.47. The molecule has 1 aromatic carbocycles. The van der Waals surface area contributed by atoms with E-state index in [0.717, 1.165) is 30.0 Å². The Morgan fingerprint density at radius 2 is 2.21 bits per heavy atom. The van der Waals surface area contributed by atoms with Crippen molar-refractivity contribution in [2.75, 3.05) is 17.7 Å². The summed E-state index contributed by atoms with van der Waals surface area (Å²) < 4.78 is 5.60. The zero-order valence-electron chi connectivity index (χ0n) is 11.1. The third-order valence-corrected chi connectivity index (χ3v) is 2.69. The van der Waals surface area contributed by atoms with Crippen molar-refractivity contribution in [1.29, 1.82) is 0 Å². The molecule has 4 nitrogen and oxygen atoms in total. The Morgan fingerprint density at radius 1 is 1.32 bits per heavy atom. The second-order valence-electron chi connectivity index (χ2n) is 4.32. The lowest BCUT2D eigenvalue weighted by atomic mass is 10.2. The molecule has 1 aromatic heterocycles. The highest BCUT2D eigenvalue weighted by Crippen LogP contribution is 2.25. The first kappa shape index (κ1) is 13.2. The molecule has 0 aliphatic rings. The number of nitrogens with one attached hydrogen (secondary N) is 1. The fourth-order valence-corrected chi connectivity index (χ4v) is 1.69. The van der Waals surface area contributed by atoms with Crippen LogP contribution in [0.15, 0.2) is 42.7 Å². The van der Waals surface area contributed by atoms with Crippen LogP contribution < -0.4 is 15.8 Å². The first-order valence-electron chi connectivity index (χ1n) is 6.44. The molecule has 0 bridgehead atoms. The monoisotopic (exact) mass is 257 g/mol. The minimum atomic E-state index is 0.667. The zero-order valence-corrected chi connectivity index (χ0v) is 11.1. The number of hydrogen-bond donors (Lipinski definition) is 2. The predicted molar refractivity (Wildman–Crippen MR) is 78.2 cm³/mol. The molecule has 2 rings (SSSR count). The standard InChI is InChI=1S/C15H19N3O/c1-2-8-19-15-9-13(5-6-14(15)16)18-11-12-4-3-7-17-10-12/h3-7,9-10,18H,2,8,11,16H2,1H3. The number of aromatic nitrogens is 1. The number of rotatable bonds is 6. The number of nitrogen functional groups attached to an aromatic ring is 1. The highest BCUT2D eigenvalue weighted by atomic mass is 16.5. The van der Waals surface area contributed by atoms with Crippen LogP contribution in [-0.4, -0.2) is 11.6 Å². The van der Waals surface area contributed by atoms with Crippen molar-refractivity contribution < 1.29 is 4.74 Å². The van der Waals surface area contributed by atoms with E-state index in [1.165, 1.54) is 0 Å². The lowest BCUT2D eigenvalue weighted by Gasteiger charge is -2.11. The fraction of sp³-hybridized carbons (Fsp3) is 0.267. The molecule has 0 fully saturated rings. The van der Waals surface area contributed by atoms with Gasteiger partial charge in [0.15, 0.2) is 0 Å². The van der Waals surface area contributed by atoms with Crippen LogP contribution in [-0.2, 0) is 6.54 Å². The first-order chi connectivity index (χ1) is 9.29. The minimum Gasteiger partial charge on any atom is -0.491 e. The number of hydrogen-bond acceptors (Lipinski definition) is 4. The van der Waals surface area contributed by atoms with Crippen LogP contribution in [0.1, 0.15) is 18.9 Å². The summed E-state index contributed by atoms with van der Waals surface area (Å²) in [5.74, 6) is 0.734. The molecule has 0 spiro atoms. The van der Waals surface area contributed by atoms with Gasteiger partial charge in [-0.2, -0.15) is 0 Å². The molecular formula is C15H19N3O. The Kier molecular flexibility index (Phi) is 4.61. The number of benzene rings is 1. The Morgan fingerprint density at radius 3 is 2.95 bits per heavy atom. The summed E-state index contributed by atoms with van der Waals surface area (Å²) in [7, 11) is 0. The third-order valence-electron chi connectivity index (χ3n) is 2.69. The van der Waals surface area contributed by atoms with Gasteiger partial charge in [0.1, 0.15) is 5.75 Å². The van der Waals surface area contributed by atoms with Gasteiger partial charge in [0.2, 0.25) is 0 Å². The minimum absolute atomic E-state index is 0.667. The van der Waals surface area contributed by atoms with Crippen LogP contribution in [0.4, 0.5) is 11.4 Å². The van der Waals surface area contributed by atoms with E-state index in [0.29, 0.717) is 12.3 Å². The Balaban J connectivity index is 2.00. The second-order valence-corrected chi connectivity index (χ2v) is 4.32. The van der Waals surface area contributed by atoms with Crippen molar-refractivity contribution in [2.45, 2.75) is 19.9 Å². The maximum atomic E-state index is 5.87. The summed E-state index contributed by atoms with van der Waals surface area (Å²) in [5.41, 5.74) is 8.67. The molecule has 0 saturated heterocycles. The van der Waals surface area contributed by atoms with E-state index in [-0.39, 0.29) is 0 Å². The molecule has 0 radical (unpaired) electrons. The number of anilines is 2. The SMILES string of the molecule is CCCOc1cc(NCc2cccnc2)ccc1N. The summed E-state index contributed by atoms with van der Waals surface area (Å²) in [6.07, 6.45) is 4.58. The summed E-state index contributed by atoms with van der Waals surface area (Å²) in [6, 6.07) is 9.70. The molecule has 4 heteroatoms. The van der Waals surface area contributed by atoms with Gasteiger partial charge in [0, 0.05) is 30.7 Å². The van der Waals surface area contributed by atoms with E-state index in [9.17, 15) is 0 Å². The van der Waals surface area contributed by atoms with Gasteiger partial charge >= 0.3 is 0 Å². The topological polar surface area (TPSA) is 60.2 Å². The average molecular weight is 257 g/mol. The van der Waals surface area contributed by atoms with Gasteiger partial charge in [0.25, 0.3) is 0 Å². The molecule has 0 unspecified atom stereocenters. The van der Waals surface area contributed by atoms with E-state index >= 15 is 0 Å². The van der Waals surface area contributed by atoms with Crippen LogP contribution >= 0.6 is 0 Å². The van der Waals surface area contributed by atoms with Crippen molar-refractivity contribution in [3.05, 3.63) is 48.3 Å². The van der Waals surface area contributed by atoms with Crippen molar-refractivity contribution in [2.24, 2.45) is 0 Å². The molecule has 0 atom stereocenters. The van der Waals surface area contributed by atoms with Gasteiger partial charge in [-0.3, -0.25) is 4.98 Å².